The predicted octanol–water partition coefficient (Wildman–Crippen LogP) is 3.71. The quantitative estimate of drug-likeness (QED) is 0.826. The van der Waals surface area contributed by atoms with Gasteiger partial charge in [0, 0.05) is 25.2 Å². The summed E-state index contributed by atoms with van der Waals surface area (Å²) in [6, 6.07) is 8.37. The highest BCUT2D eigenvalue weighted by Gasteiger charge is 2.31. The Kier molecular flexibility index (Phi) is 5.27. The molecule has 0 radical (unpaired) electrons. The Morgan fingerprint density at radius 2 is 1.71 bits per heavy atom. The van der Waals surface area contributed by atoms with Crippen molar-refractivity contribution < 1.29 is 13.2 Å². The van der Waals surface area contributed by atoms with Crippen LogP contribution in [0, 0.1) is 0 Å². The minimum Gasteiger partial charge on any atom is -0.310 e. The average molecular weight is 300 g/mol. The molecule has 5 heteroatoms. The first-order valence-corrected chi connectivity index (χ1v) is 7.45. The lowest BCUT2D eigenvalue weighted by Crippen LogP contribution is -2.38. The van der Waals surface area contributed by atoms with Crippen LogP contribution in [-0.4, -0.2) is 29.7 Å². The summed E-state index contributed by atoms with van der Waals surface area (Å²) in [6.45, 7) is 3.88. The Morgan fingerprint density at radius 3 is 2.19 bits per heavy atom. The molecule has 2 rings (SSSR count). The minimum atomic E-state index is -4.15. The highest BCUT2D eigenvalue weighted by molar-refractivity contribution is 5.22. The fourth-order valence-electron chi connectivity index (χ4n) is 2.20. The minimum absolute atomic E-state index is 0.136. The number of alkyl halides is 3. The summed E-state index contributed by atoms with van der Waals surface area (Å²) in [5, 5.41) is 3.42. The van der Waals surface area contributed by atoms with Crippen molar-refractivity contribution in [2.45, 2.75) is 58.0 Å². The molecule has 1 aliphatic carbocycles. The van der Waals surface area contributed by atoms with Gasteiger partial charge >= 0.3 is 6.18 Å². The third-order valence-electron chi connectivity index (χ3n) is 3.69. The van der Waals surface area contributed by atoms with Crippen LogP contribution in [0.5, 0.6) is 0 Å². The van der Waals surface area contributed by atoms with Crippen LogP contribution in [0.25, 0.3) is 0 Å². The van der Waals surface area contributed by atoms with Gasteiger partial charge in [-0.3, -0.25) is 4.90 Å². The molecule has 21 heavy (non-hydrogen) atoms. The van der Waals surface area contributed by atoms with Crippen molar-refractivity contribution in [1.82, 2.24) is 10.2 Å². The van der Waals surface area contributed by atoms with Crippen LogP contribution < -0.4 is 5.32 Å². The summed E-state index contributed by atoms with van der Waals surface area (Å²) in [5.74, 6) is 0. The molecule has 0 spiro atoms. The highest BCUT2D eigenvalue weighted by atomic mass is 19.4. The molecule has 0 aromatic heterocycles. The summed E-state index contributed by atoms with van der Waals surface area (Å²) in [6.07, 6.45) is -1.66. The summed E-state index contributed by atoms with van der Waals surface area (Å²) < 4.78 is 37.7. The topological polar surface area (TPSA) is 15.3 Å². The molecule has 0 bridgehead atoms. The van der Waals surface area contributed by atoms with Gasteiger partial charge in [-0.15, -0.1) is 0 Å². The Labute approximate surface area is 124 Å². The molecule has 2 nitrogen and oxygen atoms in total. The molecule has 1 aliphatic rings. The highest BCUT2D eigenvalue weighted by Crippen LogP contribution is 2.21. The van der Waals surface area contributed by atoms with Crippen molar-refractivity contribution in [3.63, 3.8) is 0 Å². The fourth-order valence-corrected chi connectivity index (χ4v) is 2.20. The van der Waals surface area contributed by atoms with E-state index >= 15 is 0 Å². The van der Waals surface area contributed by atoms with E-state index in [4.69, 9.17) is 0 Å². The number of nitrogens with one attached hydrogen (secondary N) is 1. The molecule has 118 valence electrons. The Hall–Kier alpha value is -1.07. The SMILES string of the molecule is CC(C)N(Cc1ccc(CNC2CC2)cc1)CC(F)(F)F. The third-order valence-corrected chi connectivity index (χ3v) is 3.69. The molecule has 0 aliphatic heterocycles. The second-order valence-corrected chi connectivity index (χ2v) is 6.09. The number of hydrogen-bond acceptors (Lipinski definition) is 2. The van der Waals surface area contributed by atoms with E-state index in [0.29, 0.717) is 12.6 Å². The van der Waals surface area contributed by atoms with Crippen LogP contribution >= 0.6 is 0 Å². The summed E-state index contributed by atoms with van der Waals surface area (Å²) >= 11 is 0. The number of halogens is 3. The van der Waals surface area contributed by atoms with Gasteiger partial charge in [-0.2, -0.15) is 13.2 Å². The largest absolute Gasteiger partial charge is 0.401 e. The summed E-state index contributed by atoms with van der Waals surface area (Å²) in [4.78, 5) is 1.44. The molecule has 1 fully saturated rings. The monoisotopic (exact) mass is 300 g/mol. The van der Waals surface area contributed by atoms with Crippen molar-refractivity contribution in [3.05, 3.63) is 35.4 Å². The van der Waals surface area contributed by atoms with Gasteiger partial charge in [0.2, 0.25) is 0 Å². The molecular weight excluding hydrogens is 277 g/mol. The zero-order chi connectivity index (χ0) is 15.5. The van der Waals surface area contributed by atoms with E-state index < -0.39 is 12.7 Å². The molecule has 1 aromatic carbocycles. The molecular formula is C16H23F3N2. The molecule has 1 N–H and O–H groups in total. The van der Waals surface area contributed by atoms with Gasteiger partial charge in [0.15, 0.2) is 0 Å². The van der Waals surface area contributed by atoms with E-state index in [1.165, 1.54) is 23.3 Å². The van der Waals surface area contributed by atoms with Gasteiger partial charge in [0.05, 0.1) is 6.54 Å². The molecule has 1 saturated carbocycles. The second kappa shape index (κ2) is 6.79. The van der Waals surface area contributed by atoms with Crippen LogP contribution in [-0.2, 0) is 13.1 Å². The summed E-state index contributed by atoms with van der Waals surface area (Å²) in [5.41, 5.74) is 2.10. The normalized spacial score (nSPS) is 16.0. The maximum absolute atomic E-state index is 12.6. The van der Waals surface area contributed by atoms with Crippen molar-refractivity contribution in [2.75, 3.05) is 6.54 Å². The second-order valence-electron chi connectivity index (χ2n) is 6.09. The fraction of sp³-hybridized carbons (Fsp3) is 0.625. The van der Waals surface area contributed by atoms with Crippen molar-refractivity contribution in [1.29, 1.82) is 0 Å². The number of nitrogens with zero attached hydrogens (tertiary/aromatic N) is 1. The molecule has 1 aromatic rings. The van der Waals surface area contributed by atoms with Gasteiger partial charge in [0.1, 0.15) is 0 Å². The van der Waals surface area contributed by atoms with Gasteiger partial charge < -0.3 is 5.32 Å². The van der Waals surface area contributed by atoms with E-state index in [2.05, 4.69) is 5.32 Å². The molecule has 0 saturated heterocycles. The molecule has 0 heterocycles. The first kappa shape index (κ1) is 16.3. The smallest absolute Gasteiger partial charge is 0.310 e. The number of hydrogen-bond donors (Lipinski definition) is 1. The number of rotatable bonds is 7. The van der Waals surface area contributed by atoms with E-state index in [0.717, 1.165) is 12.1 Å². The van der Waals surface area contributed by atoms with Crippen LogP contribution in [0.2, 0.25) is 0 Å². The van der Waals surface area contributed by atoms with Gasteiger partial charge in [-0.25, -0.2) is 0 Å². The van der Waals surface area contributed by atoms with Crippen molar-refractivity contribution >= 4 is 0 Å². The lowest BCUT2D eigenvalue weighted by molar-refractivity contribution is -0.150. The van der Waals surface area contributed by atoms with E-state index in [1.807, 2.05) is 24.3 Å². The maximum Gasteiger partial charge on any atom is 0.401 e. The van der Waals surface area contributed by atoms with Gasteiger partial charge in [-0.05, 0) is 37.8 Å². The maximum atomic E-state index is 12.6. The lowest BCUT2D eigenvalue weighted by Gasteiger charge is -2.27. The van der Waals surface area contributed by atoms with Gasteiger partial charge in [-0.1, -0.05) is 24.3 Å². The standard InChI is InChI=1S/C16H23F3N2/c1-12(2)21(11-16(17,18)19)10-14-5-3-13(4-6-14)9-20-15-7-8-15/h3-6,12,15,20H,7-11H2,1-2H3. The van der Waals surface area contributed by atoms with E-state index in [1.54, 1.807) is 13.8 Å². The van der Waals surface area contributed by atoms with Crippen LogP contribution in [0.1, 0.15) is 37.8 Å². The Bertz CT molecular complexity index is 436. The van der Waals surface area contributed by atoms with Crippen molar-refractivity contribution in [2.24, 2.45) is 0 Å². The lowest BCUT2D eigenvalue weighted by atomic mass is 10.1. The Balaban J connectivity index is 1.90. The predicted molar refractivity (Wildman–Crippen MR) is 77.9 cm³/mol. The van der Waals surface area contributed by atoms with Crippen molar-refractivity contribution in [3.8, 4) is 0 Å². The third kappa shape index (κ3) is 6.06. The van der Waals surface area contributed by atoms with E-state index in [9.17, 15) is 13.2 Å². The van der Waals surface area contributed by atoms with Crippen LogP contribution in [0.3, 0.4) is 0 Å². The number of benzene rings is 1. The van der Waals surface area contributed by atoms with Crippen LogP contribution in [0.15, 0.2) is 24.3 Å². The van der Waals surface area contributed by atoms with Gasteiger partial charge in [0.25, 0.3) is 0 Å². The molecule has 0 unspecified atom stereocenters. The zero-order valence-corrected chi connectivity index (χ0v) is 12.6. The first-order valence-electron chi connectivity index (χ1n) is 7.45. The first-order chi connectivity index (χ1) is 9.83. The Morgan fingerprint density at radius 1 is 1.14 bits per heavy atom. The van der Waals surface area contributed by atoms with E-state index in [-0.39, 0.29) is 6.04 Å². The average Bonchev–Trinajstić information content (AvgIpc) is 3.19. The van der Waals surface area contributed by atoms with Crippen LogP contribution in [0.4, 0.5) is 13.2 Å². The zero-order valence-electron chi connectivity index (χ0n) is 12.6. The molecule has 0 amide bonds. The molecule has 0 atom stereocenters. The summed E-state index contributed by atoms with van der Waals surface area (Å²) in [7, 11) is 0.